The molecule has 0 aliphatic rings. The molecule has 3 heteroatoms. The van der Waals surface area contributed by atoms with E-state index >= 15 is 0 Å². The van der Waals surface area contributed by atoms with Crippen LogP contribution in [0.1, 0.15) is 38.0 Å². The minimum atomic E-state index is -0.517. The molecule has 0 aliphatic carbocycles. The highest BCUT2D eigenvalue weighted by Crippen LogP contribution is 2.26. The Bertz CT molecular complexity index is 345. The molecule has 0 unspecified atom stereocenters. The van der Waals surface area contributed by atoms with Crippen LogP contribution in [-0.4, -0.2) is 24.4 Å². The highest BCUT2D eigenvalue weighted by atomic mass is 16.5. The predicted octanol–water partition coefficient (Wildman–Crippen LogP) is 2.85. The fourth-order valence-corrected chi connectivity index (χ4v) is 1.55. The summed E-state index contributed by atoms with van der Waals surface area (Å²) in [5.41, 5.74) is 1.94. The van der Waals surface area contributed by atoms with Crippen molar-refractivity contribution < 1.29 is 14.6 Å². The summed E-state index contributed by atoms with van der Waals surface area (Å²) < 4.78 is 11.1. The van der Waals surface area contributed by atoms with Crippen molar-refractivity contribution >= 4 is 0 Å². The van der Waals surface area contributed by atoms with Crippen molar-refractivity contribution in [3.63, 3.8) is 0 Å². The largest absolute Gasteiger partial charge is 0.491 e. The standard InChI is InChI=1S/C14H22O3/c1-10(2)16-7-8-17-14-9-11(3)5-6-13(14)12(4)15/h5-6,9-10,12,15H,7-8H2,1-4H3/t12-/m0/s1. The summed E-state index contributed by atoms with van der Waals surface area (Å²) in [5, 5.41) is 9.63. The first kappa shape index (κ1) is 14.0. The van der Waals surface area contributed by atoms with Crippen molar-refractivity contribution in [2.45, 2.75) is 39.9 Å². The first-order chi connectivity index (χ1) is 8.00. The van der Waals surface area contributed by atoms with Gasteiger partial charge in [0.05, 0.1) is 18.8 Å². The molecule has 0 aromatic heterocycles. The maximum Gasteiger partial charge on any atom is 0.125 e. The number of aliphatic hydroxyl groups is 1. The fraction of sp³-hybridized carbons (Fsp3) is 0.571. The lowest BCUT2D eigenvalue weighted by Gasteiger charge is -2.15. The van der Waals surface area contributed by atoms with Crippen LogP contribution in [-0.2, 0) is 4.74 Å². The topological polar surface area (TPSA) is 38.7 Å². The third-order valence-corrected chi connectivity index (χ3v) is 2.41. The lowest BCUT2D eigenvalue weighted by atomic mass is 10.1. The number of hydrogen-bond donors (Lipinski definition) is 1. The van der Waals surface area contributed by atoms with Gasteiger partial charge in [-0.05, 0) is 39.3 Å². The molecule has 0 bridgehead atoms. The van der Waals surface area contributed by atoms with Crippen LogP contribution in [0.15, 0.2) is 18.2 Å². The maximum atomic E-state index is 9.63. The Morgan fingerprint density at radius 1 is 1.18 bits per heavy atom. The van der Waals surface area contributed by atoms with Gasteiger partial charge in [0, 0.05) is 5.56 Å². The first-order valence-electron chi connectivity index (χ1n) is 6.03. The Hall–Kier alpha value is -1.06. The van der Waals surface area contributed by atoms with Gasteiger partial charge in [0.15, 0.2) is 0 Å². The van der Waals surface area contributed by atoms with Crippen LogP contribution in [0.4, 0.5) is 0 Å². The molecular weight excluding hydrogens is 216 g/mol. The van der Waals surface area contributed by atoms with Crippen LogP contribution in [0, 0.1) is 6.92 Å². The number of ether oxygens (including phenoxy) is 2. The van der Waals surface area contributed by atoms with Crippen molar-refractivity contribution in [2.75, 3.05) is 13.2 Å². The first-order valence-corrected chi connectivity index (χ1v) is 6.03. The van der Waals surface area contributed by atoms with Crippen molar-refractivity contribution in [2.24, 2.45) is 0 Å². The minimum Gasteiger partial charge on any atom is -0.491 e. The van der Waals surface area contributed by atoms with Gasteiger partial charge < -0.3 is 14.6 Å². The van der Waals surface area contributed by atoms with E-state index in [4.69, 9.17) is 9.47 Å². The van der Waals surface area contributed by atoms with E-state index in [2.05, 4.69) is 0 Å². The van der Waals surface area contributed by atoms with Gasteiger partial charge in [0.1, 0.15) is 12.4 Å². The zero-order chi connectivity index (χ0) is 12.8. The average molecular weight is 238 g/mol. The number of rotatable bonds is 6. The molecule has 0 fully saturated rings. The number of hydrogen-bond acceptors (Lipinski definition) is 3. The summed E-state index contributed by atoms with van der Waals surface area (Å²) in [5.74, 6) is 0.743. The second kappa shape index (κ2) is 6.62. The summed E-state index contributed by atoms with van der Waals surface area (Å²) in [7, 11) is 0. The lowest BCUT2D eigenvalue weighted by Crippen LogP contribution is -2.12. The van der Waals surface area contributed by atoms with Crippen LogP contribution in [0.25, 0.3) is 0 Å². The second-order valence-corrected chi connectivity index (χ2v) is 4.49. The number of benzene rings is 1. The van der Waals surface area contributed by atoms with E-state index in [9.17, 15) is 5.11 Å². The van der Waals surface area contributed by atoms with Gasteiger partial charge in [-0.1, -0.05) is 12.1 Å². The van der Waals surface area contributed by atoms with Crippen molar-refractivity contribution in [3.05, 3.63) is 29.3 Å². The van der Waals surface area contributed by atoms with Crippen molar-refractivity contribution in [1.29, 1.82) is 0 Å². The Balaban J connectivity index is 2.59. The molecule has 3 nitrogen and oxygen atoms in total. The van der Waals surface area contributed by atoms with E-state index < -0.39 is 6.10 Å². The Morgan fingerprint density at radius 3 is 2.47 bits per heavy atom. The Kier molecular flexibility index (Phi) is 5.45. The van der Waals surface area contributed by atoms with E-state index in [0.29, 0.717) is 13.2 Å². The average Bonchev–Trinajstić information content (AvgIpc) is 2.23. The van der Waals surface area contributed by atoms with Crippen LogP contribution in [0.2, 0.25) is 0 Å². The van der Waals surface area contributed by atoms with Crippen LogP contribution >= 0.6 is 0 Å². The molecule has 0 spiro atoms. The van der Waals surface area contributed by atoms with Gasteiger partial charge in [-0.25, -0.2) is 0 Å². The van der Waals surface area contributed by atoms with E-state index in [1.807, 2.05) is 39.0 Å². The van der Waals surface area contributed by atoms with Gasteiger partial charge in [0.25, 0.3) is 0 Å². The van der Waals surface area contributed by atoms with E-state index in [1.165, 1.54) is 0 Å². The molecule has 96 valence electrons. The molecule has 0 aliphatic heterocycles. The third-order valence-electron chi connectivity index (χ3n) is 2.41. The SMILES string of the molecule is Cc1ccc([C@H](C)O)c(OCCOC(C)C)c1. The molecule has 0 saturated carbocycles. The van der Waals surface area contributed by atoms with Gasteiger partial charge in [-0.2, -0.15) is 0 Å². The Morgan fingerprint density at radius 2 is 1.88 bits per heavy atom. The zero-order valence-corrected chi connectivity index (χ0v) is 11.1. The monoisotopic (exact) mass is 238 g/mol. The summed E-state index contributed by atoms with van der Waals surface area (Å²) in [6.07, 6.45) is -0.302. The summed E-state index contributed by atoms with van der Waals surface area (Å²) >= 11 is 0. The van der Waals surface area contributed by atoms with Crippen LogP contribution in [0.5, 0.6) is 5.75 Å². The summed E-state index contributed by atoms with van der Waals surface area (Å²) in [6.45, 7) is 8.79. The Labute approximate surface area is 103 Å². The van der Waals surface area contributed by atoms with Gasteiger partial charge in [-0.15, -0.1) is 0 Å². The molecular formula is C14H22O3. The van der Waals surface area contributed by atoms with E-state index in [-0.39, 0.29) is 6.10 Å². The molecule has 0 amide bonds. The third kappa shape index (κ3) is 4.75. The van der Waals surface area contributed by atoms with Crippen LogP contribution < -0.4 is 4.74 Å². The quantitative estimate of drug-likeness (QED) is 0.774. The minimum absolute atomic E-state index is 0.215. The van der Waals surface area contributed by atoms with Gasteiger partial charge in [0.2, 0.25) is 0 Å². The molecule has 1 rings (SSSR count). The van der Waals surface area contributed by atoms with E-state index in [0.717, 1.165) is 16.9 Å². The number of aryl methyl sites for hydroxylation is 1. The van der Waals surface area contributed by atoms with Crippen molar-refractivity contribution in [3.8, 4) is 5.75 Å². The molecule has 17 heavy (non-hydrogen) atoms. The maximum absolute atomic E-state index is 9.63. The lowest BCUT2D eigenvalue weighted by molar-refractivity contribution is 0.0543. The summed E-state index contributed by atoms with van der Waals surface area (Å²) in [4.78, 5) is 0. The number of aliphatic hydroxyl groups excluding tert-OH is 1. The smallest absolute Gasteiger partial charge is 0.125 e. The van der Waals surface area contributed by atoms with E-state index in [1.54, 1.807) is 6.92 Å². The molecule has 1 atom stereocenters. The van der Waals surface area contributed by atoms with Crippen molar-refractivity contribution in [1.82, 2.24) is 0 Å². The molecule has 0 heterocycles. The van der Waals surface area contributed by atoms with Gasteiger partial charge in [-0.3, -0.25) is 0 Å². The normalized spacial score (nSPS) is 12.8. The van der Waals surface area contributed by atoms with Crippen LogP contribution in [0.3, 0.4) is 0 Å². The predicted molar refractivity (Wildman–Crippen MR) is 68.4 cm³/mol. The highest BCUT2D eigenvalue weighted by molar-refractivity contribution is 5.38. The molecule has 0 saturated heterocycles. The zero-order valence-electron chi connectivity index (χ0n) is 11.1. The fourth-order valence-electron chi connectivity index (χ4n) is 1.55. The second-order valence-electron chi connectivity index (χ2n) is 4.49. The molecule has 1 aromatic rings. The highest BCUT2D eigenvalue weighted by Gasteiger charge is 2.09. The molecule has 1 N–H and O–H groups in total. The summed E-state index contributed by atoms with van der Waals surface area (Å²) in [6, 6.07) is 5.82. The van der Waals surface area contributed by atoms with Gasteiger partial charge >= 0.3 is 0 Å². The molecule has 0 radical (unpaired) electrons. The molecule has 1 aromatic carbocycles.